The molecule has 0 radical (unpaired) electrons. The van der Waals surface area contributed by atoms with Crippen molar-refractivity contribution in [3.63, 3.8) is 0 Å². The van der Waals surface area contributed by atoms with Crippen molar-refractivity contribution in [1.29, 1.82) is 0 Å². The number of rotatable bonds is 3. The van der Waals surface area contributed by atoms with Gasteiger partial charge in [-0.15, -0.1) is 0 Å². The van der Waals surface area contributed by atoms with Gasteiger partial charge in [0.2, 0.25) is 0 Å². The molecule has 16 heavy (non-hydrogen) atoms. The van der Waals surface area contributed by atoms with Gasteiger partial charge in [-0.1, -0.05) is 15.9 Å². The summed E-state index contributed by atoms with van der Waals surface area (Å²) in [6.45, 7) is 3.64. The number of hydrogen-bond acceptors (Lipinski definition) is 1. The summed E-state index contributed by atoms with van der Waals surface area (Å²) in [6.07, 6.45) is 0. The van der Waals surface area contributed by atoms with E-state index < -0.39 is 23.1 Å². The summed E-state index contributed by atoms with van der Waals surface area (Å²) in [5, 5.41) is 3.26. The fourth-order valence-electron chi connectivity index (χ4n) is 1.05. The van der Waals surface area contributed by atoms with Crippen molar-refractivity contribution in [2.24, 2.45) is 0 Å². The third kappa shape index (κ3) is 3.27. The first-order valence-corrected chi connectivity index (χ1v) is 5.81. The molecular weight excluding hydrogens is 280 g/mol. The zero-order chi connectivity index (χ0) is 12.3. The second kappa shape index (κ2) is 4.91. The molecule has 5 heteroatoms. The molecule has 1 aromatic carbocycles. The average molecular weight is 292 g/mol. The van der Waals surface area contributed by atoms with Crippen LogP contribution in [0.1, 0.15) is 24.2 Å². The third-order valence-electron chi connectivity index (χ3n) is 1.97. The number of amides is 1. The van der Waals surface area contributed by atoms with E-state index in [1.807, 2.05) is 13.8 Å². The molecule has 0 aromatic heterocycles. The number of nitrogens with one attached hydrogen (secondary N) is 1. The molecule has 88 valence electrons. The van der Waals surface area contributed by atoms with E-state index in [1.54, 1.807) is 0 Å². The van der Waals surface area contributed by atoms with Crippen molar-refractivity contribution in [3.8, 4) is 0 Å². The van der Waals surface area contributed by atoms with E-state index in [4.69, 9.17) is 0 Å². The SMILES string of the molecule is CC(C)(CBr)NC(=O)c1ccc(F)c(F)c1. The Hall–Kier alpha value is -0.970. The molecule has 1 N–H and O–H groups in total. The number of alkyl halides is 1. The van der Waals surface area contributed by atoms with E-state index in [0.717, 1.165) is 12.1 Å². The molecule has 0 fully saturated rings. The van der Waals surface area contributed by atoms with Gasteiger partial charge in [-0.3, -0.25) is 4.79 Å². The number of halogens is 3. The van der Waals surface area contributed by atoms with Crippen LogP contribution in [-0.2, 0) is 0 Å². The zero-order valence-electron chi connectivity index (χ0n) is 8.98. The molecule has 0 bridgehead atoms. The highest BCUT2D eigenvalue weighted by Crippen LogP contribution is 2.11. The van der Waals surface area contributed by atoms with Crippen molar-refractivity contribution in [3.05, 3.63) is 35.4 Å². The van der Waals surface area contributed by atoms with Crippen LogP contribution in [0.25, 0.3) is 0 Å². The Labute approximate surface area is 101 Å². The minimum atomic E-state index is -1.02. The van der Waals surface area contributed by atoms with Crippen LogP contribution < -0.4 is 5.32 Å². The minimum Gasteiger partial charge on any atom is -0.346 e. The molecule has 0 aliphatic heterocycles. The van der Waals surface area contributed by atoms with Crippen LogP contribution in [0.4, 0.5) is 8.78 Å². The number of carbonyl (C=O) groups excluding carboxylic acids is 1. The highest BCUT2D eigenvalue weighted by atomic mass is 79.9. The van der Waals surface area contributed by atoms with Crippen LogP contribution >= 0.6 is 15.9 Å². The lowest BCUT2D eigenvalue weighted by Crippen LogP contribution is -2.44. The van der Waals surface area contributed by atoms with E-state index in [-0.39, 0.29) is 5.56 Å². The lowest BCUT2D eigenvalue weighted by atomic mass is 10.1. The Kier molecular flexibility index (Phi) is 4.02. The molecule has 0 aliphatic rings. The van der Waals surface area contributed by atoms with Gasteiger partial charge >= 0.3 is 0 Å². The Morgan fingerprint density at radius 1 is 1.38 bits per heavy atom. The van der Waals surface area contributed by atoms with Crippen LogP contribution in [0.2, 0.25) is 0 Å². The monoisotopic (exact) mass is 291 g/mol. The van der Waals surface area contributed by atoms with Crippen molar-refractivity contribution in [1.82, 2.24) is 5.32 Å². The smallest absolute Gasteiger partial charge is 0.251 e. The molecule has 0 heterocycles. The van der Waals surface area contributed by atoms with Crippen molar-refractivity contribution in [2.75, 3.05) is 5.33 Å². The summed E-state index contributed by atoms with van der Waals surface area (Å²) in [5.41, 5.74) is -0.338. The molecule has 0 atom stereocenters. The van der Waals surface area contributed by atoms with Gasteiger partial charge in [-0.05, 0) is 32.0 Å². The molecule has 2 nitrogen and oxygen atoms in total. The van der Waals surface area contributed by atoms with Crippen LogP contribution in [0.5, 0.6) is 0 Å². The maximum absolute atomic E-state index is 12.9. The molecule has 1 amide bonds. The Morgan fingerprint density at radius 3 is 2.50 bits per heavy atom. The average Bonchev–Trinajstić information content (AvgIpc) is 2.21. The fraction of sp³-hybridized carbons (Fsp3) is 0.364. The molecule has 0 saturated heterocycles. The zero-order valence-corrected chi connectivity index (χ0v) is 10.6. The maximum Gasteiger partial charge on any atom is 0.251 e. The predicted octanol–water partition coefficient (Wildman–Crippen LogP) is 2.87. The van der Waals surface area contributed by atoms with Crippen molar-refractivity contribution >= 4 is 21.8 Å². The van der Waals surface area contributed by atoms with Gasteiger partial charge in [-0.2, -0.15) is 0 Å². The van der Waals surface area contributed by atoms with Crippen LogP contribution in [-0.4, -0.2) is 16.8 Å². The molecule has 0 spiro atoms. The van der Waals surface area contributed by atoms with Gasteiger partial charge in [0.25, 0.3) is 5.91 Å². The summed E-state index contributed by atoms with van der Waals surface area (Å²) in [7, 11) is 0. The molecule has 0 saturated carbocycles. The van der Waals surface area contributed by atoms with Gasteiger partial charge in [-0.25, -0.2) is 8.78 Å². The first kappa shape index (κ1) is 13.1. The normalized spacial score (nSPS) is 11.3. The number of carbonyl (C=O) groups is 1. The van der Waals surface area contributed by atoms with Crippen LogP contribution in [0, 0.1) is 11.6 Å². The molecule has 0 unspecified atom stereocenters. The maximum atomic E-state index is 12.9. The third-order valence-corrected chi connectivity index (χ3v) is 3.37. The first-order valence-electron chi connectivity index (χ1n) is 4.69. The highest BCUT2D eigenvalue weighted by Gasteiger charge is 2.20. The predicted molar refractivity (Wildman–Crippen MR) is 61.7 cm³/mol. The van der Waals surface area contributed by atoms with Crippen LogP contribution in [0.15, 0.2) is 18.2 Å². The highest BCUT2D eigenvalue weighted by molar-refractivity contribution is 9.09. The second-order valence-corrected chi connectivity index (χ2v) is 4.66. The lowest BCUT2D eigenvalue weighted by Gasteiger charge is -2.23. The quantitative estimate of drug-likeness (QED) is 0.853. The van der Waals surface area contributed by atoms with Gasteiger partial charge in [0.1, 0.15) is 0 Å². The van der Waals surface area contributed by atoms with Gasteiger partial charge in [0.15, 0.2) is 11.6 Å². The van der Waals surface area contributed by atoms with Gasteiger partial charge in [0.05, 0.1) is 0 Å². The number of hydrogen-bond donors (Lipinski definition) is 1. The molecular formula is C11H12BrF2NO. The molecule has 1 rings (SSSR count). The summed E-state index contributed by atoms with van der Waals surface area (Å²) < 4.78 is 25.5. The summed E-state index contributed by atoms with van der Waals surface area (Å²) in [6, 6.07) is 3.07. The Morgan fingerprint density at radius 2 is 2.00 bits per heavy atom. The first-order chi connectivity index (χ1) is 7.35. The van der Waals surface area contributed by atoms with Crippen LogP contribution in [0.3, 0.4) is 0 Å². The van der Waals surface area contributed by atoms with Crippen molar-refractivity contribution < 1.29 is 13.6 Å². The molecule has 0 aliphatic carbocycles. The van der Waals surface area contributed by atoms with Gasteiger partial charge < -0.3 is 5.32 Å². The van der Waals surface area contributed by atoms with E-state index in [9.17, 15) is 13.6 Å². The Bertz CT molecular complexity index is 407. The van der Waals surface area contributed by atoms with E-state index in [1.165, 1.54) is 6.07 Å². The lowest BCUT2D eigenvalue weighted by molar-refractivity contribution is 0.0920. The summed E-state index contributed by atoms with van der Waals surface area (Å²) in [4.78, 5) is 11.7. The van der Waals surface area contributed by atoms with E-state index in [2.05, 4.69) is 21.2 Å². The second-order valence-electron chi connectivity index (χ2n) is 4.10. The largest absolute Gasteiger partial charge is 0.346 e. The van der Waals surface area contributed by atoms with E-state index >= 15 is 0 Å². The standard InChI is InChI=1S/C11H12BrF2NO/c1-11(2,6-12)15-10(16)7-3-4-8(13)9(14)5-7/h3-5H,6H2,1-2H3,(H,15,16). The topological polar surface area (TPSA) is 29.1 Å². The van der Waals surface area contributed by atoms with Gasteiger partial charge in [0, 0.05) is 16.4 Å². The fourth-order valence-corrected chi connectivity index (χ4v) is 1.19. The molecule has 1 aromatic rings. The van der Waals surface area contributed by atoms with E-state index in [0.29, 0.717) is 5.33 Å². The summed E-state index contributed by atoms with van der Waals surface area (Å²) in [5.74, 6) is -2.41. The minimum absolute atomic E-state index is 0.105. The number of benzene rings is 1. The summed E-state index contributed by atoms with van der Waals surface area (Å²) >= 11 is 3.25. The van der Waals surface area contributed by atoms with Crippen molar-refractivity contribution in [2.45, 2.75) is 19.4 Å². The Balaban J connectivity index is 2.85.